The van der Waals surface area contributed by atoms with Crippen molar-refractivity contribution in [2.24, 2.45) is 0 Å². The van der Waals surface area contributed by atoms with Gasteiger partial charge in [0.15, 0.2) is 5.82 Å². The summed E-state index contributed by atoms with van der Waals surface area (Å²) < 4.78 is 7.59. The molecular weight excluding hydrogens is 500 g/mol. The molecule has 5 rings (SSSR count). The molecule has 3 aromatic heterocycles. The fourth-order valence-corrected chi connectivity index (χ4v) is 4.77. The van der Waals surface area contributed by atoms with E-state index in [1.165, 1.54) is 0 Å². The molecule has 5 aromatic rings. The Morgan fingerprint density at radius 3 is 2.61 bits per heavy atom. The number of rotatable bonds is 9. The summed E-state index contributed by atoms with van der Waals surface area (Å²) in [6.45, 7) is 9.23. The van der Waals surface area contributed by atoms with Gasteiger partial charge in [0.25, 0.3) is 5.56 Å². The first kappa shape index (κ1) is 25.9. The van der Waals surface area contributed by atoms with Crippen molar-refractivity contribution in [3.8, 4) is 0 Å². The molecule has 0 fully saturated rings. The van der Waals surface area contributed by atoms with E-state index in [4.69, 9.17) is 16.0 Å². The second-order valence-corrected chi connectivity index (χ2v) is 10.7. The molecule has 0 radical (unpaired) electrons. The third-order valence-corrected chi connectivity index (χ3v) is 7.36. The minimum atomic E-state index is -0.564. The van der Waals surface area contributed by atoms with Crippen molar-refractivity contribution in [2.75, 3.05) is 0 Å². The third kappa shape index (κ3) is 5.28. The molecule has 0 aliphatic heterocycles. The second-order valence-electron chi connectivity index (χ2n) is 10.3. The summed E-state index contributed by atoms with van der Waals surface area (Å²) in [5.41, 5.74) is 2.92. The number of halogens is 1. The zero-order chi connectivity index (χ0) is 26.9. The molecule has 0 spiro atoms. The van der Waals surface area contributed by atoms with Crippen LogP contribution in [0.2, 0.25) is 5.02 Å². The van der Waals surface area contributed by atoms with Crippen molar-refractivity contribution >= 4 is 22.5 Å². The van der Waals surface area contributed by atoms with Crippen LogP contribution in [0.1, 0.15) is 61.5 Å². The quantitative estimate of drug-likeness (QED) is 0.251. The van der Waals surface area contributed by atoms with Crippen molar-refractivity contribution in [3.63, 3.8) is 0 Å². The Morgan fingerprint density at radius 1 is 1.11 bits per heavy atom. The third-order valence-electron chi connectivity index (χ3n) is 7.10. The predicted molar refractivity (Wildman–Crippen MR) is 148 cm³/mol. The molecule has 196 valence electrons. The smallest absolute Gasteiger partial charge is 0.253 e. The Morgan fingerprint density at radius 2 is 1.89 bits per heavy atom. The minimum Gasteiger partial charge on any atom is -0.468 e. The Hall–Kier alpha value is -3.75. The molecule has 0 bridgehead atoms. The number of nitrogens with one attached hydrogen (secondary N) is 1. The SMILES string of the molecule is CCC(C)(C)n1nnnc1C(c1cc2ccc(C)cc2[nH]c1=O)N(Cc1ccc(Cl)cc1)Cc1ccco1. The van der Waals surface area contributed by atoms with Crippen molar-refractivity contribution < 1.29 is 4.42 Å². The molecule has 1 N–H and O–H groups in total. The Labute approximate surface area is 226 Å². The maximum absolute atomic E-state index is 13.7. The maximum atomic E-state index is 13.7. The average Bonchev–Trinajstić information content (AvgIpc) is 3.59. The van der Waals surface area contributed by atoms with Gasteiger partial charge in [-0.1, -0.05) is 42.8 Å². The first-order valence-electron chi connectivity index (χ1n) is 12.7. The van der Waals surface area contributed by atoms with Crippen molar-refractivity contribution in [1.82, 2.24) is 30.1 Å². The van der Waals surface area contributed by atoms with Gasteiger partial charge in [0.05, 0.1) is 18.3 Å². The minimum absolute atomic E-state index is 0.183. The molecule has 38 heavy (non-hydrogen) atoms. The standard InChI is InChI=1S/C29H31ClN6O2/c1-5-29(3,4)36-27(32-33-34-36)26(24-16-21-11-8-19(2)15-25(21)31-28(24)37)35(18-23-7-6-14-38-23)17-20-9-12-22(30)13-10-20/h6-16,26H,5,17-18H2,1-4H3,(H,31,37). The van der Waals surface area contributed by atoms with Gasteiger partial charge in [0.2, 0.25) is 0 Å². The van der Waals surface area contributed by atoms with Crippen LogP contribution in [0.25, 0.3) is 10.9 Å². The monoisotopic (exact) mass is 530 g/mol. The van der Waals surface area contributed by atoms with Crippen LogP contribution in [-0.2, 0) is 18.6 Å². The van der Waals surface area contributed by atoms with Crippen molar-refractivity contribution in [1.29, 1.82) is 0 Å². The van der Waals surface area contributed by atoms with Gasteiger partial charge in [0.1, 0.15) is 11.8 Å². The van der Waals surface area contributed by atoms with E-state index in [0.717, 1.165) is 34.2 Å². The zero-order valence-electron chi connectivity index (χ0n) is 22.0. The molecule has 0 aliphatic rings. The Bertz CT molecular complexity index is 1590. The van der Waals surface area contributed by atoms with Crippen LogP contribution >= 0.6 is 11.6 Å². The van der Waals surface area contributed by atoms with E-state index in [9.17, 15) is 4.79 Å². The number of pyridine rings is 1. The predicted octanol–water partition coefficient (Wildman–Crippen LogP) is 6.01. The van der Waals surface area contributed by atoms with Crippen LogP contribution in [0, 0.1) is 6.92 Å². The number of benzene rings is 2. The lowest BCUT2D eigenvalue weighted by atomic mass is 9.98. The van der Waals surface area contributed by atoms with Crippen LogP contribution in [-0.4, -0.2) is 30.1 Å². The van der Waals surface area contributed by atoms with Crippen molar-refractivity contribution in [3.05, 3.63) is 111 Å². The summed E-state index contributed by atoms with van der Waals surface area (Å²) in [6.07, 6.45) is 2.46. The molecular formula is C29H31ClN6O2. The largest absolute Gasteiger partial charge is 0.468 e. The van der Waals surface area contributed by atoms with Crippen LogP contribution in [0.4, 0.5) is 0 Å². The first-order valence-corrected chi connectivity index (χ1v) is 13.1. The molecule has 0 amide bonds. The second kappa shape index (κ2) is 10.6. The van der Waals surface area contributed by atoms with E-state index < -0.39 is 6.04 Å². The van der Waals surface area contributed by atoms with Crippen LogP contribution in [0.5, 0.6) is 0 Å². The van der Waals surface area contributed by atoms with Gasteiger partial charge in [-0.2, -0.15) is 0 Å². The summed E-state index contributed by atoms with van der Waals surface area (Å²) in [6, 6.07) is 18.9. The highest BCUT2D eigenvalue weighted by atomic mass is 35.5. The van der Waals surface area contributed by atoms with E-state index in [-0.39, 0.29) is 11.1 Å². The van der Waals surface area contributed by atoms with E-state index in [1.54, 1.807) is 6.26 Å². The number of H-pyrrole nitrogens is 1. The van der Waals surface area contributed by atoms with Gasteiger partial charge in [-0.15, -0.1) is 5.10 Å². The number of fused-ring (bicyclic) bond motifs is 1. The van der Waals surface area contributed by atoms with Gasteiger partial charge in [-0.25, -0.2) is 4.68 Å². The van der Waals surface area contributed by atoms with Gasteiger partial charge < -0.3 is 9.40 Å². The fraction of sp³-hybridized carbons (Fsp3) is 0.310. The van der Waals surface area contributed by atoms with E-state index >= 15 is 0 Å². The Balaban J connectivity index is 1.72. The van der Waals surface area contributed by atoms with Crippen molar-refractivity contribution in [2.45, 2.75) is 58.8 Å². The van der Waals surface area contributed by atoms with Crippen LogP contribution < -0.4 is 5.56 Å². The summed E-state index contributed by atoms with van der Waals surface area (Å²) in [5, 5.41) is 14.6. The van der Waals surface area contributed by atoms with Crippen LogP contribution in [0.3, 0.4) is 0 Å². The summed E-state index contributed by atoms with van der Waals surface area (Å²) in [5.74, 6) is 1.36. The molecule has 0 saturated heterocycles. The van der Waals surface area contributed by atoms with E-state index in [1.807, 2.05) is 72.3 Å². The lowest BCUT2D eigenvalue weighted by Crippen LogP contribution is -2.38. The molecule has 9 heteroatoms. The molecule has 1 unspecified atom stereocenters. The first-order chi connectivity index (χ1) is 18.2. The van der Waals surface area contributed by atoms with Gasteiger partial charge in [-0.05, 0) is 90.5 Å². The summed E-state index contributed by atoms with van der Waals surface area (Å²) in [7, 11) is 0. The lowest BCUT2D eigenvalue weighted by molar-refractivity contribution is 0.168. The molecule has 0 saturated carbocycles. The fourth-order valence-electron chi connectivity index (χ4n) is 4.64. The number of nitrogens with zero attached hydrogens (tertiary/aromatic N) is 5. The lowest BCUT2D eigenvalue weighted by Gasteiger charge is -2.33. The topological polar surface area (TPSA) is 92.8 Å². The number of hydrogen-bond acceptors (Lipinski definition) is 6. The number of tetrazole rings is 1. The number of hydrogen-bond donors (Lipinski definition) is 1. The Kier molecular flexibility index (Phi) is 7.19. The van der Waals surface area contributed by atoms with Gasteiger partial charge in [-0.3, -0.25) is 9.69 Å². The number of aryl methyl sites for hydroxylation is 1. The molecule has 0 aliphatic carbocycles. The number of aromatic amines is 1. The highest BCUT2D eigenvalue weighted by Crippen LogP contribution is 2.33. The summed E-state index contributed by atoms with van der Waals surface area (Å²) >= 11 is 6.17. The average molecular weight is 531 g/mol. The highest BCUT2D eigenvalue weighted by molar-refractivity contribution is 6.30. The molecule has 2 aromatic carbocycles. The molecule has 8 nitrogen and oxygen atoms in total. The van der Waals surface area contributed by atoms with Gasteiger partial charge >= 0.3 is 0 Å². The number of aromatic nitrogens is 5. The highest BCUT2D eigenvalue weighted by Gasteiger charge is 2.35. The molecule has 1 atom stereocenters. The van der Waals surface area contributed by atoms with Gasteiger partial charge in [0, 0.05) is 22.6 Å². The van der Waals surface area contributed by atoms with E-state index in [2.05, 4.69) is 46.2 Å². The molecule has 3 heterocycles. The number of furan rings is 1. The van der Waals surface area contributed by atoms with E-state index in [0.29, 0.717) is 29.5 Å². The summed E-state index contributed by atoms with van der Waals surface area (Å²) in [4.78, 5) is 19.0. The maximum Gasteiger partial charge on any atom is 0.253 e. The zero-order valence-corrected chi connectivity index (χ0v) is 22.7. The van der Waals surface area contributed by atoms with Crippen LogP contribution in [0.15, 0.2) is 76.1 Å². The normalized spacial score (nSPS) is 12.9.